The second kappa shape index (κ2) is 8.87. The molecule has 1 aromatic heterocycles. The van der Waals surface area contributed by atoms with E-state index in [0.717, 1.165) is 11.3 Å². The summed E-state index contributed by atoms with van der Waals surface area (Å²) in [4.78, 5) is 0. The van der Waals surface area contributed by atoms with Crippen LogP contribution >= 0.6 is 0 Å². The zero-order valence-electron chi connectivity index (χ0n) is 16.3. The quantitative estimate of drug-likeness (QED) is 0.540. The van der Waals surface area contributed by atoms with Crippen LogP contribution in [0.15, 0.2) is 52.9 Å². The van der Waals surface area contributed by atoms with Crippen LogP contribution in [0.3, 0.4) is 0 Å². The van der Waals surface area contributed by atoms with Crippen LogP contribution in [-0.2, 0) is 6.42 Å². The Bertz CT molecular complexity index is 922. The van der Waals surface area contributed by atoms with Gasteiger partial charge in [0, 0.05) is 6.08 Å². The average Bonchev–Trinajstić information content (AvgIpc) is 3.21. The van der Waals surface area contributed by atoms with E-state index in [0.29, 0.717) is 24.1 Å². The van der Waals surface area contributed by atoms with Gasteiger partial charge in [0.15, 0.2) is 0 Å². The third-order valence-electron chi connectivity index (χ3n) is 5.44. The van der Waals surface area contributed by atoms with Crippen molar-refractivity contribution in [2.75, 3.05) is 7.11 Å². The minimum absolute atomic E-state index is 0.543. The topological polar surface area (TPSA) is 48.2 Å². The highest BCUT2D eigenvalue weighted by molar-refractivity contribution is 5.68. The van der Waals surface area contributed by atoms with E-state index in [2.05, 4.69) is 40.5 Å². The molecule has 1 heterocycles. The molecule has 1 saturated carbocycles. The van der Waals surface area contributed by atoms with Crippen molar-refractivity contribution in [1.82, 2.24) is 10.2 Å². The highest BCUT2D eigenvalue weighted by Crippen LogP contribution is 2.34. The van der Waals surface area contributed by atoms with Crippen molar-refractivity contribution in [3.8, 4) is 5.75 Å². The van der Waals surface area contributed by atoms with E-state index in [1.807, 2.05) is 30.3 Å². The minimum atomic E-state index is 0.543. The molecule has 0 spiro atoms. The minimum Gasteiger partial charge on any atom is -0.497 e. The first kappa shape index (κ1) is 18.5. The molecule has 4 heteroatoms. The molecule has 0 atom stereocenters. The lowest BCUT2D eigenvalue weighted by atomic mass is 9.82. The van der Waals surface area contributed by atoms with Crippen LogP contribution in [0.1, 0.15) is 66.5 Å². The van der Waals surface area contributed by atoms with Gasteiger partial charge in [-0.15, -0.1) is 10.2 Å². The van der Waals surface area contributed by atoms with Gasteiger partial charge >= 0.3 is 0 Å². The lowest BCUT2D eigenvalue weighted by Crippen LogP contribution is -2.05. The number of rotatable bonds is 6. The first-order valence-electron chi connectivity index (χ1n) is 10.0. The van der Waals surface area contributed by atoms with Gasteiger partial charge in [-0.05, 0) is 53.7 Å². The molecule has 1 aliphatic carbocycles. The Morgan fingerprint density at radius 3 is 2.54 bits per heavy atom. The fourth-order valence-electron chi connectivity index (χ4n) is 3.93. The van der Waals surface area contributed by atoms with Gasteiger partial charge in [0.05, 0.1) is 13.5 Å². The molecular weight excluding hydrogens is 348 g/mol. The van der Waals surface area contributed by atoms with Crippen molar-refractivity contribution in [1.29, 1.82) is 0 Å². The van der Waals surface area contributed by atoms with Gasteiger partial charge in [0.1, 0.15) is 5.75 Å². The molecule has 0 saturated heterocycles. The Kier molecular flexibility index (Phi) is 5.86. The zero-order valence-corrected chi connectivity index (χ0v) is 16.3. The average molecular weight is 374 g/mol. The molecule has 0 N–H and O–H groups in total. The van der Waals surface area contributed by atoms with Crippen LogP contribution < -0.4 is 4.74 Å². The number of methoxy groups -OCH3 is 1. The normalized spacial score (nSPS) is 15.2. The molecule has 4 nitrogen and oxygen atoms in total. The standard InChI is InChI=1S/C24H26N2O2/c1-27-21-14-11-18(12-15-21)17-24-26-25-23(28-24)16-13-20-9-5-6-10-22(20)19-7-3-2-4-8-19/h5-6,9-16,19H,2-4,7-8,17H2,1H3/b16-13+. The number of hydrogen-bond acceptors (Lipinski definition) is 4. The fourth-order valence-corrected chi connectivity index (χ4v) is 3.93. The molecule has 0 unspecified atom stereocenters. The van der Waals surface area contributed by atoms with Crippen LogP contribution in [0.4, 0.5) is 0 Å². The van der Waals surface area contributed by atoms with Gasteiger partial charge in [-0.1, -0.05) is 55.7 Å². The van der Waals surface area contributed by atoms with E-state index in [1.165, 1.54) is 43.2 Å². The summed E-state index contributed by atoms with van der Waals surface area (Å²) in [5.41, 5.74) is 3.81. The van der Waals surface area contributed by atoms with Crippen LogP contribution in [0.5, 0.6) is 5.75 Å². The van der Waals surface area contributed by atoms with Crippen LogP contribution in [0.2, 0.25) is 0 Å². The predicted molar refractivity (Wildman–Crippen MR) is 111 cm³/mol. The molecule has 2 aromatic carbocycles. The van der Waals surface area contributed by atoms with Crippen LogP contribution in [0.25, 0.3) is 12.2 Å². The Hall–Kier alpha value is -2.88. The molecule has 0 radical (unpaired) electrons. The molecular formula is C24H26N2O2. The second-order valence-electron chi connectivity index (χ2n) is 7.36. The van der Waals surface area contributed by atoms with Crippen LogP contribution in [-0.4, -0.2) is 17.3 Å². The molecule has 0 amide bonds. The van der Waals surface area contributed by atoms with Gasteiger partial charge in [-0.3, -0.25) is 0 Å². The largest absolute Gasteiger partial charge is 0.497 e. The molecule has 144 valence electrons. The van der Waals surface area contributed by atoms with Gasteiger partial charge in [-0.2, -0.15) is 0 Å². The predicted octanol–water partition coefficient (Wildman–Crippen LogP) is 5.89. The summed E-state index contributed by atoms with van der Waals surface area (Å²) in [7, 11) is 1.66. The molecule has 28 heavy (non-hydrogen) atoms. The maximum Gasteiger partial charge on any atom is 0.240 e. The van der Waals surface area contributed by atoms with Gasteiger partial charge in [0.2, 0.25) is 11.8 Å². The Morgan fingerprint density at radius 1 is 0.964 bits per heavy atom. The van der Waals surface area contributed by atoms with Crippen molar-refractivity contribution >= 4 is 12.2 Å². The Labute approximate surface area is 166 Å². The molecule has 3 aromatic rings. The fraction of sp³-hybridized carbons (Fsp3) is 0.333. The van der Waals surface area contributed by atoms with E-state index in [-0.39, 0.29) is 0 Å². The number of ether oxygens (including phenoxy) is 1. The third kappa shape index (κ3) is 4.50. The van der Waals surface area contributed by atoms with E-state index < -0.39 is 0 Å². The summed E-state index contributed by atoms with van der Waals surface area (Å²) in [5, 5.41) is 8.35. The van der Waals surface area contributed by atoms with E-state index in [4.69, 9.17) is 9.15 Å². The summed E-state index contributed by atoms with van der Waals surface area (Å²) in [5.74, 6) is 2.67. The summed E-state index contributed by atoms with van der Waals surface area (Å²) < 4.78 is 11.0. The smallest absolute Gasteiger partial charge is 0.240 e. The molecule has 4 rings (SSSR count). The van der Waals surface area contributed by atoms with Crippen LogP contribution in [0, 0.1) is 0 Å². The third-order valence-corrected chi connectivity index (χ3v) is 5.44. The van der Waals surface area contributed by atoms with E-state index in [1.54, 1.807) is 7.11 Å². The lowest BCUT2D eigenvalue weighted by molar-refractivity contribution is 0.414. The van der Waals surface area contributed by atoms with Gasteiger partial charge < -0.3 is 9.15 Å². The highest BCUT2D eigenvalue weighted by atomic mass is 16.5. The lowest BCUT2D eigenvalue weighted by Gasteiger charge is -2.23. The molecule has 1 aliphatic rings. The number of aromatic nitrogens is 2. The Balaban J connectivity index is 1.45. The highest BCUT2D eigenvalue weighted by Gasteiger charge is 2.17. The van der Waals surface area contributed by atoms with Crippen molar-refractivity contribution in [3.05, 3.63) is 77.0 Å². The van der Waals surface area contributed by atoms with Crippen molar-refractivity contribution in [3.63, 3.8) is 0 Å². The molecule has 0 aliphatic heterocycles. The molecule has 1 fully saturated rings. The first-order valence-corrected chi connectivity index (χ1v) is 10.0. The number of hydrogen-bond donors (Lipinski definition) is 0. The van der Waals surface area contributed by atoms with E-state index in [9.17, 15) is 0 Å². The summed E-state index contributed by atoms with van der Waals surface area (Å²) in [6.45, 7) is 0. The maximum atomic E-state index is 5.81. The zero-order chi connectivity index (χ0) is 19.2. The summed E-state index contributed by atoms with van der Waals surface area (Å²) in [6.07, 6.45) is 11.3. The van der Waals surface area contributed by atoms with E-state index >= 15 is 0 Å². The SMILES string of the molecule is COc1ccc(Cc2nnc(/C=C/c3ccccc3C3CCCCC3)o2)cc1. The van der Waals surface area contributed by atoms with Gasteiger partial charge in [-0.25, -0.2) is 0 Å². The molecule has 0 bridgehead atoms. The van der Waals surface area contributed by atoms with Crippen molar-refractivity contribution in [2.45, 2.75) is 44.4 Å². The van der Waals surface area contributed by atoms with Crippen molar-refractivity contribution in [2.24, 2.45) is 0 Å². The monoisotopic (exact) mass is 374 g/mol. The Morgan fingerprint density at radius 2 is 1.75 bits per heavy atom. The maximum absolute atomic E-state index is 5.81. The number of benzene rings is 2. The summed E-state index contributed by atoms with van der Waals surface area (Å²) >= 11 is 0. The van der Waals surface area contributed by atoms with Crippen molar-refractivity contribution < 1.29 is 9.15 Å². The second-order valence-corrected chi connectivity index (χ2v) is 7.36. The summed E-state index contributed by atoms with van der Waals surface area (Å²) in [6, 6.07) is 16.6. The first-order chi connectivity index (χ1) is 13.8. The van der Waals surface area contributed by atoms with Gasteiger partial charge in [0.25, 0.3) is 0 Å². The number of nitrogens with zero attached hydrogens (tertiary/aromatic N) is 2.